The van der Waals surface area contributed by atoms with Crippen molar-refractivity contribution in [3.05, 3.63) is 47.8 Å². The monoisotopic (exact) mass is 502 g/mol. The van der Waals surface area contributed by atoms with Crippen molar-refractivity contribution in [1.29, 1.82) is 0 Å². The number of methoxy groups -OCH3 is 2. The van der Waals surface area contributed by atoms with Crippen LogP contribution in [-0.2, 0) is 14.8 Å². The summed E-state index contributed by atoms with van der Waals surface area (Å²) in [6.45, 7) is 5.84. The van der Waals surface area contributed by atoms with Gasteiger partial charge in [-0.15, -0.1) is 10.2 Å². The first-order chi connectivity index (χ1) is 16.8. The molecule has 1 fully saturated rings. The molecule has 0 spiro atoms. The fourth-order valence-corrected chi connectivity index (χ4v) is 5.24. The zero-order chi connectivity index (χ0) is 25.2. The molecule has 0 radical (unpaired) electrons. The van der Waals surface area contributed by atoms with Gasteiger partial charge >= 0.3 is 0 Å². The van der Waals surface area contributed by atoms with Gasteiger partial charge in [0.05, 0.1) is 30.9 Å². The maximum absolute atomic E-state index is 13.5. The molecule has 3 aromatic rings. The Morgan fingerprint density at radius 3 is 2.40 bits per heavy atom. The van der Waals surface area contributed by atoms with Gasteiger partial charge in [0.2, 0.25) is 16.0 Å². The number of aromatic nitrogens is 5. The molecule has 0 unspecified atom stereocenters. The standard InChI is InChI=1S/C23H30N6O5S/c1-14-12-25-17(13-24-14)15(2)16(3)35(30,31)28-23-27-26-22(20-10-7-11-34-20)29(23)21-18(32-4)8-6-9-19(21)33-5/h6,8-9,12-13,15-16,20H,7,10-11H2,1-5H3,(H,27,28)/t15-,16-,20-/m0/s1. The number of rotatable bonds is 9. The molecule has 188 valence electrons. The van der Waals surface area contributed by atoms with Crippen LogP contribution in [0.4, 0.5) is 5.95 Å². The zero-order valence-electron chi connectivity index (χ0n) is 20.4. The molecule has 1 aromatic carbocycles. The van der Waals surface area contributed by atoms with E-state index in [1.807, 2.05) is 6.92 Å². The van der Waals surface area contributed by atoms with Crippen LogP contribution in [0, 0.1) is 6.92 Å². The number of benzene rings is 1. The molecule has 35 heavy (non-hydrogen) atoms. The van der Waals surface area contributed by atoms with Crippen LogP contribution in [0.1, 0.15) is 55.9 Å². The van der Waals surface area contributed by atoms with Gasteiger partial charge in [-0.1, -0.05) is 13.0 Å². The van der Waals surface area contributed by atoms with E-state index in [0.29, 0.717) is 35.3 Å². The predicted octanol–water partition coefficient (Wildman–Crippen LogP) is 3.17. The Morgan fingerprint density at radius 2 is 1.83 bits per heavy atom. The number of nitrogens with zero attached hydrogens (tertiary/aromatic N) is 5. The lowest BCUT2D eigenvalue weighted by atomic mass is 10.1. The summed E-state index contributed by atoms with van der Waals surface area (Å²) in [5.74, 6) is 1.01. The van der Waals surface area contributed by atoms with E-state index in [4.69, 9.17) is 14.2 Å². The third-order valence-electron chi connectivity index (χ3n) is 6.23. The number of anilines is 1. The first kappa shape index (κ1) is 24.9. The lowest BCUT2D eigenvalue weighted by molar-refractivity contribution is 0.103. The Balaban J connectivity index is 1.76. The number of para-hydroxylation sites is 1. The summed E-state index contributed by atoms with van der Waals surface area (Å²) in [6.07, 6.45) is 4.49. The molecule has 0 amide bonds. The van der Waals surface area contributed by atoms with Crippen LogP contribution in [0.5, 0.6) is 11.5 Å². The fourth-order valence-electron chi connectivity index (χ4n) is 3.99. The quantitative estimate of drug-likeness (QED) is 0.469. The second-order valence-electron chi connectivity index (χ2n) is 8.45. The van der Waals surface area contributed by atoms with E-state index in [-0.39, 0.29) is 12.1 Å². The third-order valence-corrected chi connectivity index (χ3v) is 8.08. The molecule has 2 aromatic heterocycles. The minimum Gasteiger partial charge on any atom is -0.494 e. The van der Waals surface area contributed by atoms with E-state index in [0.717, 1.165) is 18.5 Å². The van der Waals surface area contributed by atoms with Crippen LogP contribution in [0.15, 0.2) is 30.6 Å². The summed E-state index contributed by atoms with van der Waals surface area (Å²) in [4.78, 5) is 8.59. The molecule has 0 saturated carbocycles. The molecule has 3 heterocycles. The summed E-state index contributed by atoms with van der Waals surface area (Å²) in [5, 5.41) is 7.67. The number of sulfonamides is 1. The maximum Gasteiger partial charge on any atom is 0.243 e. The molecule has 1 aliphatic heterocycles. The average molecular weight is 503 g/mol. The van der Waals surface area contributed by atoms with Crippen LogP contribution < -0.4 is 14.2 Å². The zero-order valence-corrected chi connectivity index (χ0v) is 21.2. The predicted molar refractivity (Wildman–Crippen MR) is 130 cm³/mol. The smallest absolute Gasteiger partial charge is 0.243 e. The molecule has 1 aliphatic rings. The number of hydrogen-bond donors (Lipinski definition) is 1. The first-order valence-corrected chi connectivity index (χ1v) is 12.9. The molecule has 11 nitrogen and oxygen atoms in total. The molecule has 4 rings (SSSR count). The number of hydrogen-bond acceptors (Lipinski definition) is 9. The summed E-state index contributed by atoms with van der Waals surface area (Å²) in [7, 11) is -0.850. The summed E-state index contributed by atoms with van der Waals surface area (Å²) < 4.78 is 48.2. The lowest BCUT2D eigenvalue weighted by Gasteiger charge is -2.22. The summed E-state index contributed by atoms with van der Waals surface area (Å²) >= 11 is 0. The summed E-state index contributed by atoms with van der Waals surface area (Å²) in [5.41, 5.74) is 1.83. The highest BCUT2D eigenvalue weighted by molar-refractivity contribution is 7.93. The van der Waals surface area contributed by atoms with E-state index in [1.54, 1.807) is 49.0 Å². The minimum atomic E-state index is -3.91. The van der Waals surface area contributed by atoms with Crippen LogP contribution >= 0.6 is 0 Å². The molecule has 1 saturated heterocycles. The van der Waals surface area contributed by atoms with Crippen molar-refractivity contribution >= 4 is 16.0 Å². The van der Waals surface area contributed by atoms with E-state index >= 15 is 0 Å². The Morgan fingerprint density at radius 1 is 1.11 bits per heavy atom. The molecule has 0 bridgehead atoms. The Bertz CT molecular complexity index is 1250. The molecule has 1 N–H and O–H groups in total. The van der Waals surface area contributed by atoms with Crippen LogP contribution in [0.3, 0.4) is 0 Å². The van der Waals surface area contributed by atoms with E-state index in [9.17, 15) is 8.42 Å². The van der Waals surface area contributed by atoms with E-state index in [2.05, 4.69) is 24.9 Å². The molecule has 3 atom stereocenters. The Kier molecular flexibility index (Phi) is 7.22. The van der Waals surface area contributed by atoms with Gasteiger partial charge in [-0.05, 0) is 38.8 Å². The molecule has 0 aliphatic carbocycles. The van der Waals surface area contributed by atoms with Gasteiger partial charge in [-0.3, -0.25) is 19.3 Å². The van der Waals surface area contributed by atoms with Crippen molar-refractivity contribution in [1.82, 2.24) is 24.7 Å². The largest absolute Gasteiger partial charge is 0.494 e. The molecular weight excluding hydrogens is 472 g/mol. The SMILES string of the molecule is COc1cccc(OC)c1-n1c(NS(=O)(=O)[C@@H](C)[C@H](C)c2cnc(C)cn2)nnc1[C@@H]1CCCO1. The third kappa shape index (κ3) is 4.94. The lowest BCUT2D eigenvalue weighted by Crippen LogP contribution is -2.31. The number of ether oxygens (including phenoxy) is 3. The van der Waals surface area contributed by atoms with Gasteiger partial charge in [0.15, 0.2) is 5.82 Å². The fraction of sp³-hybridized carbons (Fsp3) is 0.478. The van der Waals surface area contributed by atoms with Crippen molar-refractivity contribution < 1.29 is 22.6 Å². The van der Waals surface area contributed by atoms with Crippen LogP contribution in [0.25, 0.3) is 5.69 Å². The Labute approximate surface area is 204 Å². The van der Waals surface area contributed by atoms with Crippen molar-refractivity contribution in [2.45, 2.75) is 50.9 Å². The average Bonchev–Trinajstić information content (AvgIpc) is 3.52. The van der Waals surface area contributed by atoms with E-state index < -0.39 is 21.2 Å². The van der Waals surface area contributed by atoms with Gasteiger partial charge in [-0.25, -0.2) is 8.42 Å². The van der Waals surface area contributed by atoms with Crippen molar-refractivity contribution in [3.8, 4) is 17.2 Å². The second-order valence-corrected chi connectivity index (χ2v) is 10.5. The van der Waals surface area contributed by atoms with Gasteiger partial charge in [-0.2, -0.15) is 0 Å². The topological polar surface area (TPSA) is 130 Å². The minimum absolute atomic E-state index is 0.0207. The van der Waals surface area contributed by atoms with E-state index in [1.165, 1.54) is 14.2 Å². The first-order valence-electron chi connectivity index (χ1n) is 11.3. The molecular formula is C23H30N6O5S. The van der Waals surface area contributed by atoms with Gasteiger partial charge in [0, 0.05) is 24.9 Å². The highest BCUT2D eigenvalue weighted by Crippen LogP contribution is 2.39. The normalized spacial score (nSPS) is 17.7. The number of aryl methyl sites for hydroxylation is 1. The van der Waals surface area contributed by atoms with Crippen molar-refractivity contribution in [2.75, 3.05) is 25.5 Å². The second kappa shape index (κ2) is 10.2. The van der Waals surface area contributed by atoms with Gasteiger partial charge < -0.3 is 14.2 Å². The highest BCUT2D eigenvalue weighted by atomic mass is 32.2. The van der Waals surface area contributed by atoms with Crippen LogP contribution in [-0.4, -0.2) is 59.2 Å². The number of nitrogens with one attached hydrogen (secondary N) is 1. The van der Waals surface area contributed by atoms with Gasteiger partial charge in [0.1, 0.15) is 23.3 Å². The highest BCUT2D eigenvalue weighted by Gasteiger charge is 2.34. The Hall–Kier alpha value is -3.25. The van der Waals surface area contributed by atoms with Crippen LogP contribution in [0.2, 0.25) is 0 Å². The summed E-state index contributed by atoms with van der Waals surface area (Å²) in [6, 6.07) is 5.31. The van der Waals surface area contributed by atoms with Crippen molar-refractivity contribution in [3.63, 3.8) is 0 Å². The maximum atomic E-state index is 13.5. The molecule has 12 heteroatoms. The van der Waals surface area contributed by atoms with Gasteiger partial charge in [0.25, 0.3) is 0 Å². The van der Waals surface area contributed by atoms with Crippen molar-refractivity contribution in [2.24, 2.45) is 0 Å².